The molecule has 3 aromatic rings. The van der Waals surface area contributed by atoms with Gasteiger partial charge in [-0.1, -0.05) is 72.2 Å². The van der Waals surface area contributed by atoms with E-state index >= 15 is 0 Å². The van der Waals surface area contributed by atoms with E-state index in [1.165, 1.54) is 17.3 Å². The molecule has 164 valence electrons. The molecule has 32 heavy (non-hydrogen) atoms. The molecule has 0 bridgehead atoms. The molecule has 1 aliphatic heterocycles. The summed E-state index contributed by atoms with van der Waals surface area (Å²) in [5, 5.41) is 7.47. The van der Waals surface area contributed by atoms with E-state index in [-0.39, 0.29) is 11.4 Å². The molecule has 0 spiro atoms. The molecule has 0 unspecified atom stereocenters. The Labute approximate surface area is 202 Å². The van der Waals surface area contributed by atoms with Gasteiger partial charge in [0.05, 0.1) is 4.91 Å². The van der Waals surface area contributed by atoms with Crippen molar-refractivity contribution in [2.45, 2.75) is 25.4 Å². The number of amides is 1. The van der Waals surface area contributed by atoms with Crippen LogP contribution in [-0.2, 0) is 17.8 Å². The van der Waals surface area contributed by atoms with Gasteiger partial charge in [0.15, 0.2) is 5.50 Å². The van der Waals surface area contributed by atoms with Gasteiger partial charge in [-0.25, -0.2) is 0 Å². The fraction of sp³-hybridized carbons (Fsp3) is 0.160. The maximum atomic E-state index is 12.4. The van der Waals surface area contributed by atoms with Crippen LogP contribution in [0.2, 0.25) is 10.0 Å². The number of halogens is 2. The van der Waals surface area contributed by atoms with Crippen LogP contribution in [0.15, 0.2) is 71.6 Å². The summed E-state index contributed by atoms with van der Waals surface area (Å²) < 4.78 is 5.82. The lowest BCUT2D eigenvalue weighted by Gasteiger charge is -2.12. The fourth-order valence-electron chi connectivity index (χ4n) is 3.16. The Morgan fingerprint density at radius 2 is 1.81 bits per heavy atom. The Morgan fingerprint density at radius 1 is 1.06 bits per heavy atom. The average molecular weight is 485 g/mol. The highest BCUT2D eigenvalue weighted by molar-refractivity contribution is 8.05. The topological polar surface area (TPSA) is 50.4 Å². The van der Waals surface area contributed by atoms with Gasteiger partial charge in [-0.2, -0.15) is 0 Å². The molecule has 1 heterocycles. The summed E-state index contributed by atoms with van der Waals surface area (Å²) in [6.07, 6.45) is 2.88. The van der Waals surface area contributed by atoms with E-state index in [0.717, 1.165) is 29.0 Å². The van der Waals surface area contributed by atoms with Crippen LogP contribution >= 0.6 is 35.0 Å². The van der Waals surface area contributed by atoms with Crippen LogP contribution in [0.4, 0.5) is 5.69 Å². The van der Waals surface area contributed by atoms with Crippen molar-refractivity contribution >= 4 is 52.6 Å². The van der Waals surface area contributed by atoms with Gasteiger partial charge in [-0.15, -0.1) is 0 Å². The second-order valence-electron chi connectivity index (χ2n) is 7.27. The van der Waals surface area contributed by atoms with Gasteiger partial charge in [-0.3, -0.25) is 4.79 Å². The number of carbonyl (C=O) groups is 1. The SMILES string of the molecule is CCc1ccc(N[C@H]2NC(=O)/C(=C/c3ccc(OCc4ccc(Cl)cc4Cl)cc3)S2)cc1. The smallest absolute Gasteiger partial charge is 0.260 e. The summed E-state index contributed by atoms with van der Waals surface area (Å²) in [6, 6.07) is 21.2. The van der Waals surface area contributed by atoms with E-state index < -0.39 is 0 Å². The summed E-state index contributed by atoms with van der Waals surface area (Å²) in [4.78, 5) is 13.0. The first-order valence-corrected chi connectivity index (χ1v) is 11.8. The van der Waals surface area contributed by atoms with Crippen LogP contribution in [0.25, 0.3) is 6.08 Å². The molecule has 1 atom stereocenters. The van der Waals surface area contributed by atoms with E-state index in [4.69, 9.17) is 27.9 Å². The normalized spacial score (nSPS) is 16.8. The lowest BCUT2D eigenvalue weighted by Crippen LogP contribution is -2.30. The number of aryl methyl sites for hydroxylation is 1. The number of anilines is 1. The van der Waals surface area contributed by atoms with Crippen LogP contribution in [-0.4, -0.2) is 11.4 Å². The summed E-state index contributed by atoms with van der Waals surface area (Å²) >= 11 is 13.6. The predicted molar refractivity (Wildman–Crippen MR) is 134 cm³/mol. The number of carbonyl (C=O) groups excluding carboxylic acids is 1. The molecule has 0 saturated carbocycles. The number of hydrogen-bond donors (Lipinski definition) is 2. The zero-order valence-corrected chi connectivity index (χ0v) is 19.7. The summed E-state index contributed by atoms with van der Waals surface area (Å²) in [6.45, 7) is 2.47. The number of hydrogen-bond acceptors (Lipinski definition) is 4. The molecule has 0 aromatic heterocycles. The lowest BCUT2D eigenvalue weighted by atomic mass is 10.1. The standard InChI is InChI=1S/C25H22Cl2N2O2S/c1-2-16-3-9-20(10-4-16)28-25-29-24(30)23(32-25)13-17-5-11-21(12-6-17)31-15-18-7-8-19(26)14-22(18)27/h3-14,25,28H,2,15H2,1H3,(H,29,30)/b23-13-/t25-/m0/s1. The van der Waals surface area contributed by atoms with Crippen LogP contribution in [0, 0.1) is 0 Å². The molecule has 1 amide bonds. The van der Waals surface area contributed by atoms with Crippen molar-refractivity contribution in [2.75, 3.05) is 5.32 Å². The third-order valence-electron chi connectivity index (χ3n) is 4.98. The maximum Gasteiger partial charge on any atom is 0.260 e. The summed E-state index contributed by atoms with van der Waals surface area (Å²) in [5.74, 6) is 0.632. The van der Waals surface area contributed by atoms with Crippen molar-refractivity contribution in [3.8, 4) is 5.75 Å². The minimum absolute atomic E-state index is 0.0876. The van der Waals surface area contributed by atoms with Gasteiger partial charge < -0.3 is 15.4 Å². The number of nitrogens with one attached hydrogen (secondary N) is 2. The molecule has 7 heteroatoms. The Hall–Kier alpha value is -2.60. The predicted octanol–water partition coefficient (Wildman–Crippen LogP) is 6.73. The highest BCUT2D eigenvalue weighted by Gasteiger charge is 2.27. The number of rotatable bonds is 7. The molecule has 3 aromatic carbocycles. The number of thioether (sulfide) groups is 1. The Balaban J connectivity index is 1.35. The minimum Gasteiger partial charge on any atom is -0.489 e. The molecule has 2 N–H and O–H groups in total. The molecule has 4 rings (SSSR count). The summed E-state index contributed by atoms with van der Waals surface area (Å²) in [7, 11) is 0. The van der Waals surface area contributed by atoms with Crippen molar-refractivity contribution < 1.29 is 9.53 Å². The van der Waals surface area contributed by atoms with Crippen molar-refractivity contribution in [1.29, 1.82) is 0 Å². The lowest BCUT2D eigenvalue weighted by molar-refractivity contribution is -0.116. The van der Waals surface area contributed by atoms with Crippen LogP contribution < -0.4 is 15.4 Å². The molecule has 1 aliphatic rings. The van der Waals surface area contributed by atoms with Crippen molar-refractivity contribution in [3.05, 3.63) is 98.4 Å². The third-order valence-corrected chi connectivity index (χ3v) is 6.59. The number of ether oxygens (including phenoxy) is 1. The Morgan fingerprint density at radius 3 is 2.50 bits per heavy atom. The van der Waals surface area contributed by atoms with Gasteiger partial charge in [-0.05, 0) is 60.0 Å². The monoisotopic (exact) mass is 484 g/mol. The van der Waals surface area contributed by atoms with E-state index in [0.29, 0.717) is 21.6 Å². The van der Waals surface area contributed by atoms with E-state index in [1.54, 1.807) is 12.1 Å². The van der Waals surface area contributed by atoms with Gasteiger partial charge in [0.25, 0.3) is 5.91 Å². The average Bonchev–Trinajstić information content (AvgIpc) is 3.13. The highest BCUT2D eigenvalue weighted by atomic mass is 35.5. The Kier molecular flexibility index (Phi) is 7.30. The quantitative estimate of drug-likeness (QED) is 0.364. The molecule has 1 saturated heterocycles. The van der Waals surface area contributed by atoms with Gasteiger partial charge in [0.1, 0.15) is 12.4 Å². The molecular weight excluding hydrogens is 463 g/mol. The molecule has 0 aliphatic carbocycles. The zero-order chi connectivity index (χ0) is 22.5. The van der Waals surface area contributed by atoms with E-state index in [9.17, 15) is 4.79 Å². The first kappa shape index (κ1) is 22.6. The van der Waals surface area contributed by atoms with Gasteiger partial charge in [0.2, 0.25) is 0 Å². The van der Waals surface area contributed by atoms with Crippen molar-refractivity contribution in [1.82, 2.24) is 5.32 Å². The van der Waals surface area contributed by atoms with E-state index in [2.05, 4.69) is 29.7 Å². The van der Waals surface area contributed by atoms with E-state index in [1.807, 2.05) is 48.5 Å². The highest BCUT2D eigenvalue weighted by Crippen LogP contribution is 2.31. The second kappa shape index (κ2) is 10.3. The first-order chi connectivity index (χ1) is 15.5. The molecule has 4 nitrogen and oxygen atoms in total. The molecule has 1 fully saturated rings. The Bertz CT molecular complexity index is 1130. The minimum atomic E-state index is -0.201. The zero-order valence-electron chi connectivity index (χ0n) is 17.4. The third kappa shape index (κ3) is 5.80. The van der Waals surface area contributed by atoms with Crippen LogP contribution in [0.3, 0.4) is 0 Å². The molecule has 0 radical (unpaired) electrons. The fourth-order valence-corrected chi connectivity index (χ4v) is 4.61. The summed E-state index contributed by atoms with van der Waals surface area (Å²) in [5.41, 5.74) is 3.84. The number of benzene rings is 3. The largest absolute Gasteiger partial charge is 0.489 e. The van der Waals surface area contributed by atoms with Crippen LogP contribution in [0.5, 0.6) is 5.75 Å². The second-order valence-corrected chi connectivity index (χ2v) is 9.26. The van der Waals surface area contributed by atoms with Crippen LogP contribution in [0.1, 0.15) is 23.6 Å². The van der Waals surface area contributed by atoms with Gasteiger partial charge >= 0.3 is 0 Å². The maximum absolute atomic E-state index is 12.4. The van der Waals surface area contributed by atoms with Gasteiger partial charge in [0, 0.05) is 21.3 Å². The van der Waals surface area contributed by atoms with Crippen molar-refractivity contribution in [3.63, 3.8) is 0 Å². The first-order valence-electron chi connectivity index (χ1n) is 10.2. The van der Waals surface area contributed by atoms with Crippen molar-refractivity contribution in [2.24, 2.45) is 0 Å². The molecular formula is C25H22Cl2N2O2S.